The molecular weight excluding hydrogens is 438 g/mol. The molecule has 3 heterocycles. The summed E-state index contributed by atoms with van der Waals surface area (Å²) in [5.74, 6) is 1.21. The molecular formula is C23H27N7O4. The van der Waals surface area contributed by atoms with Gasteiger partial charge < -0.3 is 24.4 Å². The minimum atomic E-state index is -0.498. The zero-order valence-electron chi connectivity index (χ0n) is 19.8. The molecule has 0 fully saturated rings. The van der Waals surface area contributed by atoms with Gasteiger partial charge >= 0.3 is 5.97 Å². The van der Waals surface area contributed by atoms with E-state index < -0.39 is 5.97 Å². The molecule has 0 saturated carbocycles. The van der Waals surface area contributed by atoms with Gasteiger partial charge in [-0.2, -0.15) is 0 Å². The average Bonchev–Trinajstić information content (AvgIpc) is 3.42. The smallest absolute Gasteiger partial charge is 0.358 e. The Morgan fingerprint density at radius 1 is 1.15 bits per heavy atom. The molecule has 0 amide bonds. The standard InChI is InChI=1S/C23H27N7O4/c1-6-34-23(31)19-12-24-21-18(28(2)13-15-7-9-16(32-4)10-8-15)11-20(26-30(19)21)25-17-14-29(3)27-22(17)33-5/h7-12,14H,6,13H2,1-5H3,(H,25,26). The average molecular weight is 466 g/mol. The van der Waals surface area contributed by atoms with Crippen molar-refractivity contribution in [2.75, 3.05) is 38.1 Å². The number of anilines is 3. The maximum absolute atomic E-state index is 12.5. The number of hydrogen-bond acceptors (Lipinski definition) is 9. The largest absolute Gasteiger partial charge is 0.497 e. The molecule has 0 atom stereocenters. The van der Waals surface area contributed by atoms with Crippen molar-refractivity contribution in [3.63, 3.8) is 0 Å². The van der Waals surface area contributed by atoms with Gasteiger partial charge in [-0.3, -0.25) is 4.68 Å². The molecule has 4 aromatic rings. The van der Waals surface area contributed by atoms with Gasteiger partial charge in [0.1, 0.15) is 11.4 Å². The Bertz CT molecular complexity index is 1300. The number of nitrogens with one attached hydrogen (secondary N) is 1. The van der Waals surface area contributed by atoms with E-state index >= 15 is 0 Å². The van der Waals surface area contributed by atoms with Gasteiger partial charge in [-0.25, -0.2) is 14.3 Å². The number of hydrogen-bond donors (Lipinski definition) is 1. The Balaban J connectivity index is 1.75. The van der Waals surface area contributed by atoms with Crippen LogP contribution < -0.4 is 19.7 Å². The van der Waals surface area contributed by atoms with Crippen molar-refractivity contribution in [2.24, 2.45) is 7.05 Å². The van der Waals surface area contributed by atoms with Gasteiger partial charge in [-0.1, -0.05) is 12.1 Å². The first kappa shape index (κ1) is 22.9. The Hall–Kier alpha value is -4.28. The zero-order chi connectivity index (χ0) is 24.2. The van der Waals surface area contributed by atoms with Crippen LogP contribution in [0.5, 0.6) is 11.6 Å². The van der Waals surface area contributed by atoms with Crippen molar-refractivity contribution in [2.45, 2.75) is 13.5 Å². The van der Waals surface area contributed by atoms with Crippen LogP contribution in [0.2, 0.25) is 0 Å². The lowest BCUT2D eigenvalue weighted by atomic mass is 10.2. The molecule has 0 unspecified atom stereocenters. The van der Waals surface area contributed by atoms with Crippen LogP contribution in [-0.2, 0) is 18.3 Å². The van der Waals surface area contributed by atoms with Gasteiger partial charge in [0.05, 0.1) is 38.9 Å². The summed E-state index contributed by atoms with van der Waals surface area (Å²) in [6.07, 6.45) is 3.26. The van der Waals surface area contributed by atoms with Crippen LogP contribution >= 0.6 is 0 Å². The molecule has 0 saturated heterocycles. The van der Waals surface area contributed by atoms with Gasteiger partial charge in [0.15, 0.2) is 17.2 Å². The number of carbonyl (C=O) groups excluding carboxylic acids is 1. The van der Waals surface area contributed by atoms with Gasteiger partial charge in [0, 0.05) is 26.7 Å². The lowest BCUT2D eigenvalue weighted by Crippen LogP contribution is -2.19. The molecule has 34 heavy (non-hydrogen) atoms. The highest BCUT2D eigenvalue weighted by molar-refractivity contribution is 5.89. The number of aryl methyl sites for hydroxylation is 1. The predicted molar refractivity (Wildman–Crippen MR) is 127 cm³/mol. The van der Waals surface area contributed by atoms with Crippen molar-refractivity contribution < 1.29 is 19.0 Å². The molecule has 3 aromatic heterocycles. The maximum Gasteiger partial charge on any atom is 0.358 e. The molecule has 0 aliphatic carbocycles. The highest BCUT2D eigenvalue weighted by Crippen LogP contribution is 2.29. The van der Waals surface area contributed by atoms with Gasteiger partial charge in [-0.05, 0) is 24.6 Å². The van der Waals surface area contributed by atoms with E-state index in [2.05, 4.69) is 20.5 Å². The van der Waals surface area contributed by atoms with Crippen LogP contribution in [0.3, 0.4) is 0 Å². The van der Waals surface area contributed by atoms with Crippen LogP contribution in [0, 0.1) is 0 Å². The Morgan fingerprint density at radius 3 is 2.59 bits per heavy atom. The van der Waals surface area contributed by atoms with Crippen molar-refractivity contribution in [3.05, 3.63) is 54.0 Å². The summed E-state index contributed by atoms with van der Waals surface area (Å²) < 4.78 is 18.9. The normalized spacial score (nSPS) is 10.9. The van der Waals surface area contributed by atoms with E-state index in [9.17, 15) is 4.79 Å². The fourth-order valence-corrected chi connectivity index (χ4v) is 3.57. The number of carbonyl (C=O) groups is 1. The number of nitrogens with zero attached hydrogens (tertiary/aromatic N) is 6. The molecule has 1 N–H and O–H groups in total. The molecule has 0 aliphatic rings. The maximum atomic E-state index is 12.5. The number of methoxy groups -OCH3 is 2. The van der Waals surface area contributed by atoms with E-state index in [0.717, 1.165) is 17.0 Å². The van der Waals surface area contributed by atoms with E-state index in [1.54, 1.807) is 39.1 Å². The first-order chi connectivity index (χ1) is 16.4. The Kier molecular flexibility index (Phi) is 6.53. The monoisotopic (exact) mass is 465 g/mol. The lowest BCUT2D eigenvalue weighted by molar-refractivity contribution is 0.0517. The molecule has 11 heteroatoms. The summed E-state index contributed by atoms with van der Waals surface area (Å²) in [5, 5.41) is 12.1. The van der Waals surface area contributed by atoms with Crippen LogP contribution in [0.25, 0.3) is 5.65 Å². The molecule has 0 spiro atoms. The third-order valence-electron chi connectivity index (χ3n) is 5.17. The summed E-state index contributed by atoms with van der Waals surface area (Å²) in [5.41, 5.74) is 3.25. The second-order valence-corrected chi connectivity index (χ2v) is 7.57. The molecule has 0 aliphatic heterocycles. The van der Waals surface area contributed by atoms with Crippen molar-refractivity contribution in [1.82, 2.24) is 24.4 Å². The molecule has 0 bridgehead atoms. The van der Waals surface area contributed by atoms with Crippen LogP contribution in [0.15, 0.2) is 42.7 Å². The fourth-order valence-electron chi connectivity index (χ4n) is 3.57. The quantitative estimate of drug-likeness (QED) is 0.373. The Labute approximate surface area is 196 Å². The van der Waals surface area contributed by atoms with Crippen LogP contribution in [0.1, 0.15) is 23.0 Å². The van der Waals surface area contributed by atoms with Crippen molar-refractivity contribution in [3.8, 4) is 11.6 Å². The molecule has 4 rings (SSSR count). The summed E-state index contributed by atoms with van der Waals surface area (Å²) in [4.78, 5) is 19.0. The Morgan fingerprint density at radius 2 is 1.91 bits per heavy atom. The van der Waals surface area contributed by atoms with Crippen molar-refractivity contribution >= 4 is 28.8 Å². The summed E-state index contributed by atoms with van der Waals surface area (Å²) in [6, 6.07) is 9.71. The lowest BCUT2D eigenvalue weighted by Gasteiger charge is -2.21. The first-order valence-electron chi connectivity index (χ1n) is 10.7. The van der Waals surface area contributed by atoms with Gasteiger partial charge in [-0.15, -0.1) is 10.2 Å². The molecule has 11 nitrogen and oxygen atoms in total. The number of imidazole rings is 1. The highest BCUT2D eigenvalue weighted by atomic mass is 16.5. The molecule has 1 aromatic carbocycles. The number of esters is 1. The number of rotatable bonds is 9. The molecule has 178 valence electrons. The zero-order valence-corrected chi connectivity index (χ0v) is 19.8. The van der Waals surface area contributed by atoms with E-state index in [-0.39, 0.29) is 12.3 Å². The highest BCUT2D eigenvalue weighted by Gasteiger charge is 2.20. The van der Waals surface area contributed by atoms with Gasteiger partial charge in [0.25, 0.3) is 5.88 Å². The van der Waals surface area contributed by atoms with E-state index in [4.69, 9.17) is 14.2 Å². The third-order valence-corrected chi connectivity index (χ3v) is 5.17. The topological polar surface area (TPSA) is 108 Å². The van der Waals surface area contributed by atoms with Crippen LogP contribution in [-0.4, -0.2) is 58.2 Å². The first-order valence-corrected chi connectivity index (χ1v) is 10.7. The van der Waals surface area contributed by atoms with Gasteiger partial charge in [0.2, 0.25) is 0 Å². The number of aromatic nitrogens is 5. The molecule has 0 radical (unpaired) electrons. The van der Waals surface area contributed by atoms with E-state index in [0.29, 0.717) is 29.6 Å². The summed E-state index contributed by atoms with van der Waals surface area (Å²) in [6.45, 7) is 2.60. The number of benzene rings is 1. The second kappa shape index (κ2) is 9.69. The van der Waals surface area contributed by atoms with E-state index in [1.807, 2.05) is 42.3 Å². The minimum Gasteiger partial charge on any atom is -0.497 e. The number of ether oxygens (including phenoxy) is 3. The van der Waals surface area contributed by atoms with Crippen molar-refractivity contribution in [1.29, 1.82) is 0 Å². The fraction of sp³-hybridized carbons (Fsp3) is 0.304. The predicted octanol–water partition coefficient (Wildman–Crippen LogP) is 3.04. The summed E-state index contributed by atoms with van der Waals surface area (Å²) >= 11 is 0. The number of fused-ring (bicyclic) bond motifs is 1. The van der Waals surface area contributed by atoms with E-state index in [1.165, 1.54) is 10.7 Å². The third kappa shape index (κ3) is 4.58. The summed E-state index contributed by atoms with van der Waals surface area (Å²) in [7, 11) is 6.94. The SMILES string of the molecule is CCOC(=O)c1cnc2c(N(C)Cc3ccc(OC)cc3)cc(Nc3cn(C)nc3OC)nn12. The minimum absolute atomic E-state index is 0.234. The second-order valence-electron chi connectivity index (χ2n) is 7.57. The van der Waals surface area contributed by atoms with Crippen LogP contribution in [0.4, 0.5) is 17.2 Å².